The molecule has 5 heteroatoms. The lowest BCUT2D eigenvalue weighted by atomic mass is 9.85. The van der Waals surface area contributed by atoms with E-state index in [1.54, 1.807) is 11.9 Å². The van der Waals surface area contributed by atoms with Gasteiger partial charge in [-0.3, -0.25) is 9.59 Å². The Morgan fingerprint density at radius 2 is 2.05 bits per heavy atom. The fourth-order valence-electron chi connectivity index (χ4n) is 3.02. The minimum Gasteiger partial charge on any atom is -0.356 e. The largest absolute Gasteiger partial charge is 0.356 e. The van der Waals surface area contributed by atoms with Gasteiger partial charge >= 0.3 is 0 Å². The first-order valence-corrected chi connectivity index (χ1v) is 7.86. The second kappa shape index (κ2) is 6.48. The van der Waals surface area contributed by atoms with Crippen LogP contribution in [0, 0.1) is 5.92 Å². The Balaban J connectivity index is 1.74. The molecule has 0 radical (unpaired) electrons. The van der Waals surface area contributed by atoms with Crippen molar-refractivity contribution in [3.05, 3.63) is 35.9 Å². The summed E-state index contributed by atoms with van der Waals surface area (Å²) in [7, 11) is 1.73. The molecule has 118 valence electrons. The average Bonchev–Trinajstić information content (AvgIpc) is 2.49. The lowest BCUT2D eigenvalue weighted by molar-refractivity contribution is -0.162. The van der Waals surface area contributed by atoms with Crippen molar-refractivity contribution in [3.63, 3.8) is 0 Å². The van der Waals surface area contributed by atoms with Crippen LogP contribution in [-0.4, -0.2) is 43.0 Å². The van der Waals surface area contributed by atoms with E-state index in [-0.39, 0.29) is 24.5 Å². The summed E-state index contributed by atoms with van der Waals surface area (Å²) in [6.07, 6.45) is 2.98. The number of carbonyl (C=O) groups excluding carboxylic acids is 2. The average molecular weight is 302 g/mol. The van der Waals surface area contributed by atoms with Gasteiger partial charge in [-0.05, 0) is 24.3 Å². The highest BCUT2D eigenvalue weighted by Crippen LogP contribution is 2.29. The van der Waals surface area contributed by atoms with E-state index in [4.69, 9.17) is 4.74 Å². The molecule has 1 saturated heterocycles. The van der Waals surface area contributed by atoms with Crippen LogP contribution in [0.15, 0.2) is 30.3 Å². The predicted molar refractivity (Wildman–Crippen MR) is 82.0 cm³/mol. The van der Waals surface area contributed by atoms with E-state index in [0.717, 1.165) is 5.56 Å². The first-order valence-electron chi connectivity index (χ1n) is 7.86. The van der Waals surface area contributed by atoms with Crippen molar-refractivity contribution in [2.24, 2.45) is 5.92 Å². The maximum absolute atomic E-state index is 12.5. The summed E-state index contributed by atoms with van der Waals surface area (Å²) in [5.74, 6) is 0.374. The molecule has 5 nitrogen and oxygen atoms in total. The Labute approximate surface area is 130 Å². The number of benzene rings is 1. The van der Waals surface area contributed by atoms with Gasteiger partial charge in [0, 0.05) is 13.6 Å². The first kappa shape index (κ1) is 15.0. The minimum absolute atomic E-state index is 0.0403. The number of amides is 2. The van der Waals surface area contributed by atoms with E-state index in [1.807, 2.05) is 30.3 Å². The highest BCUT2D eigenvalue weighted by molar-refractivity contribution is 5.86. The Morgan fingerprint density at radius 1 is 1.32 bits per heavy atom. The minimum atomic E-state index is -0.648. The van der Waals surface area contributed by atoms with Crippen molar-refractivity contribution in [3.8, 4) is 0 Å². The fraction of sp³-hybridized carbons (Fsp3) is 0.529. The van der Waals surface area contributed by atoms with Gasteiger partial charge in [-0.15, -0.1) is 0 Å². The van der Waals surface area contributed by atoms with E-state index in [0.29, 0.717) is 12.5 Å². The number of hydrogen-bond acceptors (Lipinski definition) is 3. The van der Waals surface area contributed by atoms with Crippen molar-refractivity contribution in [2.45, 2.75) is 31.4 Å². The monoisotopic (exact) mass is 302 g/mol. The highest BCUT2D eigenvalue weighted by atomic mass is 16.5. The molecule has 2 atom stereocenters. The van der Waals surface area contributed by atoms with Gasteiger partial charge in [0.2, 0.25) is 5.91 Å². The third-order valence-corrected chi connectivity index (χ3v) is 4.67. The predicted octanol–water partition coefficient (Wildman–Crippen LogP) is 1.50. The normalized spacial score (nSPS) is 25.7. The first-order chi connectivity index (χ1) is 10.7. The second-order valence-electron chi connectivity index (χ2n) is 6.13. The molecular weight excluding hydrogens is 280 g/mol. The van der Waals surface area contributed by atoms with Crippen molar-refractivity contribution in [2.75, 3.05) is 20.2 Å². The van der Waals surface area contributed by atoms with Gasteiger partial charge in [-0.2, -0.15) is 0 Å². The van der Waals surface area contributed by atoms with Crippen LogP contribution in [0.5, 0.6) is 0 Å². The lowest BCUT2D eigenvalue weighted by Crippen LogP contribution is -2.53. The molecule has 2 fully saturated rings. The smallest absolute Gasteiger partial charge is 0.251 e. The summed E-state index contributed by atoms with van der Waals surface area (Å²) in [5, 5.41) is 2.99. The van der Waals surface area contributed by atoms with Crippen LogP contribution in [0.2, 0.25) is 0 Å². The molecular formula is C17H22N2O3. The number of likely N-dealkylation sites (N-methyl/N-ethyl adjacent to an activating group) is 1. The van der Waals surface area contributed by atoms with Gasteiger partial charge in [-0.1, -0.05) is 36.8 Å². The number of carbonyl (C=O) groups is 2. The van der Waals surface area contributed by atoms with Crippen LogP contribution in [-0.2, 0) is 14.3 Å². The van der Waals surface area contributed by atoms with Gasteiger partial charge in [0.25, 0.3) is 5.91 Å². The zero-order valence-corrected chi connectivity index (χ0v) is 12.8. The maximum atomic E-state index is 12.5. The van der Waals surface area contributed by atoms with E-state index in [2.05, 4.69) is 5.32 Å². The summed E-state index contributed by atoms with van der Waals surface area (Å²) in [6, 6.07) is 9.21. The van der Waals surface area contributed by atoms with Crippen molar-refractivity contribution in [1.29, 1.82) is 0 Å². The lowest BCUT2D eigenvalue weighted by Gasteiger charge is -2.38. The molecule has 3 rings (SSSR count). The molecule has 1 aromatic carbocycles. The van der Waals surface area contributed by atoms with Gasteiger partial charge in [0.15, 0.2) is 6.10 Å². The molecule has 1 aliphatic heterocycles. The Bertz CT molecular complexity index is 542. The Morgan fingerprint density at radius 3 is 2.68 bits per heavy atom. The molecule has 2 aliphatic rings. The molecule has 2 unspecified atom stereocenters. The van der Waals surface area contributed by atoms with E-state index in [1.165, 1.54) is 19.3 Å². The van der Waals surface area contributed by atoms with Gasteiger partial charge < -0.3 is 15.0 Å². The Hall–Kier alpha value is -1.88. The zero-order chi connectivity index (χ0) is 15.5. The van der Waals surface area contributed by atoms with Gasteiger partial charge in [0.05, 0.1) is 6.04 Å². The third kappa shape index (κ3) is 2.99. The summed E-state index contributed by atoms with van der Waals surface area (Å²) in [6.45, 7) is 0.666. The fourth-order valence-corrected chi connectivity index (χ4v) is 3.02. The molecule has 0 bridgehead atoms. The van der Waals surface area contributed by atoms with Crippen LogP contribution in [0.4, 0.5) is 0 Å². The van der Waals surface area contributed by atoms with E-state index >= 15 is 0 Å². The molecule has 2 amide bonds. The summed E-state index contributed by atoms with van der Waals surface area (Å²) < 4.78 is 5.57. The quantitative estimate of drug-likeness (QED) is 0.917. The second-order valence-corrected chi connectivity index (χ2v) is 6.13. The van der Waals surface area contributed by atoms with Gasteiger partial charge in [-0.25, -0.2) is 0 Å². The maximum Gasteiger partial charge on any atom is 0.251 e. The van der Waals surface area contributed by atoms with Crippen LogP contribution in [0.1, 0.15) is 30.9 Å². The van der Waals surface area contributed by atoms with Gasteiger partial charge in [0.1, 0.15) is 6.61 Å². The van der Waals surface area contributed by atoms with Crippen molar-refractivity contribution in [1.82, 2.24) is 10.2 Å². The summed E-state index contributed by atoms with van der Waals surface area (Å²) in [4.78, 5) is 26.1. The molecule has 1 aliphatic carbocycles. The summed E-state index contributed by atoms with van der Waals surface area (Å²) >= 11 is 0. The molecule has 1 aromatic rings. The SMILES string of the molecule is CN1C(=O)COC(C(=O)NCC2CCC2)C1c1ccccc1. The van der Waals surface area contributed by atoms with Crippen LogP contribution in [0.25, 0.3) is 0 Å². The summed E-state index contributed by atoms with van der Waals surface area (Å²) in [5.41, 5.74) is 0.918. The Kier molecular flexibility index (Phi) is 4.43. The number of nitrogens with one attached hydrogen (secondary N) is 1. The molecule has 1 N–H and O–H groups in total. The standard InChI is InChI=1S/C17H22N2O3/c1-19-14(20)11-22-16(15(19)13-8-3-2-4-9-13)17(21)18-10-12-6-5-7-12/h2-4,8-9,12,15-16H,5-7,10-11H2,1H3,(H,18,21). The molecule has 0 aromatic heterocycles. The van der Waals surface area contributed by atoms with Crippen LogP contribution < -0.4 is 5.32 Å². The number of ether oxygens (including phenoxy) is 1. The van der Waals surface area contributed by atoms with Crippen LogP contribution in [0.3, 0.4) is 0 Å². The number of nitrogens with zero attached hydrogens (tertiary/aromatic N) is 1. The highest BCUT2D eigenvalue weighted by Gasteiger charge is 2.40. The molecule has 1 saturated carbocycles. The molecule has 22 heavy (non-hydrogen) atoms. The van der Waals surface area contributed by atoms with E-state index in [9.17, 15) is 9.59 Å². The third-order valence-electron chi connectivity index (χ3n) is 4.67. The van der Waals surface area contributed by atoms with E-state index < -0.39 is 6.10 Å². The number of morpholine rings is 1. The van der Waals surface area contributed by atoms with Crippen molar-refractivity contribution >= 4 is 11.8 Å². The number of rotatable bonds is 4. The molecule has 1 heterocycles. The van der Waals surface area contributed by atoms with Crippen LogP contribution >= 0.6 is 0 Å². The van der Waals surface area contributed by atoms with Crippen molar-refractivity contribution < 1.29 is 14.3 Å². The zero-order valence-electron chi connectivity index (χ0n) is 12.8. The topological polar surface area (TPSA) is 58.6 Å². The number of hydrogen-bond donors (Lipinski definition) is 1. The molecule has 0 spiro atoms.